The molecule has 3 N–H and O–H groups in total. The first-order valence-electron chi connectivity index (χ1n) is 7.86. The van der Waals surface area contributed by atoms with Gasteiger partial charge in [0.2, 0.25) is 21.8 Å². The molecule has 0 aliphatic carbocycles. The number of amides is 2. The fourth-order valence-electron chi connectivity index (χ4n) is 1.86. The van der Waals surface area contributed by atoms with Crippen molar-refractivity contribution in [3.8, 4) is 0 Å². The van der Waals surface area contributed by atoms with Crippen LogP contribution in [-0.4, -0.2) is 39.9 Å². The van der Waals surface area contributed by atoms with Gasteiger partial charge in [0.1, 0.15) is 0 Å². The zero-order chi connectivity index (χ0) is 18.2. The smallest absolute Gasteiger partial charge is 0.240 e. The van der Waals surface area contributed by atoms with Crippen LogP contribution < -0.4 is 15.4 Å². The number of hydrogen-bond acceptors (Lipinski definition) is 4. The van der Waals surface area contributed by atoms with E-state index in [1.807, 2.05) is 20.8 Å². The predicted molar refractivity (Wildman–Crippen MR) is 92.0 cm³/mol. The van der Waals surface area contributed by atoms with Gasteiger partial charge in [-0.25, -0.2) is 13.1 Å². The van der Waals surface area contributed by atoms with E-state index in [9.17, 15) is 18.0 Å². The lowest BCUT2D eigenvalue weighted by Crippen LogP contribution is -2.38. The van der Waals surface area contributed by atoms with Gasteiger partial charge in [0.05, 0.1) is 11.4 Å². The van der Waals surface area contributed by atoms with Crippen molar-refractivity contribution in [1.29, 1.82) is 0 Å². The molecule has 0 bridgehead atoms. The third-order valence-corrected chi connectivity index (χ3v) is 4.91. The van der Waals surface area contributed by atoms with Gasteiger partial charge in [0.15, 0.2) is 0 Å². The van der Waals surface area contributed by atoms with Crippen LogP contribution in [0, 0.1) is 13.8 Å². The summed E-state index contributed by atoms with van der Waals surface area (Å²) in [6, 6.07) is 4.87. The van der Waals surface area contributed by atoms with Gasteiger partial charge in [-0.3, -0.25) is 9.59 Å². The average Bonchev–Trinajstić information content (AvgIpc) is 2.53. The number of carbonyl (C=O) groups excluding carboxylic acids is 2. The lowest BCUT2D eigenvalue weighted by molar-refractivity contribution is -0.126. The van der Waals surface area contributed by atoms with Crippen molar-refractivity contribution in [2.45, 2.75) is 38.5 Å². The summed E-state index contributed by atoms with van der Waals surface area (Å²) in [5.74, 6) is -0.648. The molecule has 8 heteroatoms. The minimum absolute atomic E-state index is 0.0301. The highest BCUT2D eigenvalue weighted by Gasteiger charge is 2.15. The standard InChI is InChI=1S/C16H25N3O4S/c1-4-8-17-16(21)11-18-15(20)7-9-19-24(22,23)14-6-5-12(2)13(3)10-14/h5-6,10,19H,4,7-9,11H2,1-3H3,(H,17,21)(H,18,20). The maximum absolute atomic E-state index is 12.2. The molecule has 0 aliphatic rings. The van der Waals surface area contributed by atoms with E-state index in [2.05, 4.69) is 15.4 Å². The van der Waals surface area contributed by atoms with Crippen LogP contribution in [0.4, 0.5) is 0 Å². The molecule has 0 heterocycles. The fraction of sp³-hybridized carbons (Fsp3) is 0.500. The summed E-state index contributed by atoms with van der Waals surface area (Å²) in [6.07, 6.45) is 0.783. The second-order valence-corrected chi connectivity index (χ2v) is 7.29. The van der Waals surface area contributed by atoms with Gasteiger partial charge in [-0.05, 0) is 43.5 Å². The zero-order valence-corrected chi connectivity index (χ0v) is 15.1. The molecule has 0 unspecified atom stereocenters. The van der Waals surface area contributed by atoms with Gasteiger partial charge in [-0.2, -0.15) is 0 Å². The second-order valence-electron chi connectivity index (χ2n) is 5.52. The summed E-state index contributed by atoms with van der Waals surface area (Å²) in [4.78, 5) is 23.1. The normalized spacial score (nSPS) is 11.1. The zero-order valence-electron chi connectivity index (χ0n) is 14.3. The topological polar surface area (TPSA) is 104 Å². The first kappa shape index (κ1) is 20.1. The Balaban J connectivity index is 2.41. The molecule has 0 fully saturated rings. The SMILES string of the molecule is CCCNC(=O)CNC(=O)CCNS(=O)(=O)c1ccc(C)c(C)c1. The van der Waals surface area contributed by atoms with E-state index in [1.54, 1.807) is 12.1 Å². The number of sulfonamides is 1. The number of nitrogens with one attached hydrogen (secondary N) is 3. The Hall–Kier alpha value is -1.93. The quantitative estimate of drug-likeness (QED) is 0.604. The summed E-state index contributed by atoms with van der Waals surface area (Å²) in [5.41, 5.74) is 1.89. The van der Waals surface area contributed by atoms with Gasteiger partial charge in [0, 0.05) is 19.5 Å². The van der Waals surface area contributed by atoms with Gasteiger partial charge in [0.25, 0.3) is 0 Å². The molecule has 0 aromatic heterocycles. The molecule has 0 atom stereocenters. The Morgan fingerprint density at radius 2 is 1.71 bits per heavy atom. The molecule has 7 nitrogen and oxygen atoms in total. The molecule has 1 rings (SSSR count). The third-order valence-electron chi connectivity index (χ3n) is 3.45. The summed E-state index contributed by atoms with van der Waals surface area (Å²) < 4.78 is 26.7. The highest BCUT2D eigenvalue weighted by Crippen LogP contribution is 2.14. The van der Waals surface area contributed by atoms with Crippen LogP contribution in [-0.2, 0) is 19.6 Å². The lowest BCUT2D eigenvalue weighted by Gasteiger charge is -2.09. The Morgan fingerprint density at radius 3 is 2.33 bits per heavy atom. The molecule has 134 valence electrons. The van der Waals surface area contributed by atoms with E-state index < -0.39 is 10.0 Å². The molecule has 0 saturated carbocycles. The number of carbonyl (C=O) groups is 2. The molecule has 24 heavy (non-hydrogen) atoms. The highest BCUT2D eigenvalue weighted by molar-refractivity contribution is 7.89. The first-order chi connectivity index (χ1) is 11.3. The minimum atomic E-state index is -3.65. The Kier molecular flexibility index (Phi) is 7.87. The van der Waals surface area contributed by atoms with Crippen LogP contribution in [0.1, 0.15) is 30.9 Å². The Bertz CT molecular complexity index is 687. The van der Waals surface area contributed by atoms with E-state index in [0.717, 1.165) is 17.5 Å². The van der Waals surface area contributed by atoms with Crippen molar-refractivity contribution in [2.24, 2.45) is 0 Å². The third kappa shape index (κ3) is 6.67. The second kappa shape index (κ2) is 9.39. The Labute approximate surface area is 143 Å². The molecule has 2 amide bonds. The van der Waals surface area contributed by atoms with E-state index >= 15 is 0 Å². The molecule has 0 aliphatic heterocycles. The van der Waals surface area contributed by atoms with Crippen molar-refractivity contribution >= 4 is 21.8 Å². The van der Waals surface area contributed by atoms with Crippen LogP contribution in [0.25, 0.3) is 0 Å². The van der Waals surface area contributed by atoms with E-state index in [-0.39, 0.29) is 36.2 Å². The number of benzene rings is 1. The maximum atomic E-state index is 12.2. The summed E-state index contributed by atoms with van der Waals surface area (Å²) >= 11 is 0. The number of hydrogen-bond donors (Lipinski definition) is 3. The van der Waals surface area contributed by atoms with E-state index in [4.69, 9.17) is 0 Å². The van der Waals surface area contributed by atoms with Gasteiger partial charge >= 0.3 is 0 Å². The lowest BCUT2D eigenvalue weighted by atomic mass is 10.1. The van der Waals surface area contributed by atoms with Crippen molar-refractivity contribution in [1.82, 2.24) is 15.4 Å². The molecule has 0 radical (unpaired) electrons. The van der Waals surface area contributed by atoms with Crippen molar-refractivity contribution in [2.75, 3.05) is 19.6 Å². The van der Waals surface area contributed by atoms with E-state index in [0.29, 0.717) is 6.54 Å². The molecule has 1 aromatic rings. The van der Waals surface area contributed by atoms with Crippen molar-refractivity contribution in [3.05, 3.63) is 29.3 Å². The maximum Gasteiger partial charge on any atom is 0.240 e. The van der Waals surface area contributed by atoms with Crippen molar-refractivity contribution in [3.63, 3.8) is 0 Å². The van der Waals surface area contributed by atoms with Crippen molar-refractivity contribution < 1.29 is 18.0 Å². The van der Waals surface area contributed by atoms with E-state index in [1.165, 1.54) is 6.07 Å². The average molecular weight is 355 g/mol. The summed E-state index contributed by atoms with van der Waals surface area (Å²) in [5, 5.41) is 5.08. The number of aryl methyl sites for hydroxylation is 2. The van der Waals surface area contributed by atoms with Gasteiger partial charge in [-0.1, -0.05) is 13.0 Å². The Morgan fingerprint density at radius 1 is 1.00 bits per heavy atom. The molecular formula is C16H25N3O4S. The predicted octanol–water partition coefficient (Wildman–Crippen LogP) is 0.614. The highest BCUT2D eigenvalue weighted by atomic mass is 32.2. The molecule has 1 aromatic carbocycles. The van der Waals surface area contributed by atoms with Gasteiger partial charge in [-0.15, -0.1) is 0 Å². The fourth-order valence-corrected chi connectivity index (χ4v) is 2.97. The number of rotatable bonds is 9. The van der Waals surface area contributed by atoms with Gasteiger partial charge < -0.3 is 10.6 Å². The minimum Gasteiger partial charge on any atom is -0.355 e. The van der Waals surface area contributed by atoms with Crippen LogP contribution in [0.5, 0.6) is 0 Å². The largest absolute Gasteiger partial charge is 0.355 e. The van der Waals surface area contributed by atoms with Crippen LogP contribution in [0.2, 0.25) is 0 Å². The summed E-state index contributed by atoms with van der Waals surface area (Å²) in [6.45, 7) is 6.09. The first-order valence-corrected chi connectivity index (χ1v) is 9.35. The van der Waals surface area contributed by atoms with Crippen LogP contribution in [0.3, 0.4) is 0 Å². The molecular weight excluding hydrogens is 330 g/mol. The summed E-state index contributed by atoms with van der Waals surface area (Å²) in [7, 11) is -3.65. The van der Waals surface area contributed by atoms with Crippen LogP contribution >= 0.6 is 0 Å². The van der Waals surface area contributed by atoms with Crippen LogP contribution in [0.15, 0.2) is 23.1 Å². The monoisotopic (exact) mass is 355 g/mol. The molecule has 0 spiro atoms. The molecule has 0 saturated heterocycles.